The van der Waals surface area contributed by atoms with Gasteiger partial charge in [-0.1, -0.05) is 0 Å². The minimum Gasteiger partial charge on any atom is -0.368 e. The largest absolute Gasteiger partial charge is 0.368 e. The van der Waals surface area contributed by atoms with Gasteiger partial charge in [0.05, 0.1) is 11.4 Å². The number of benzene rings is 1. The van der Waals surface area contributed by atoms with Gasteiger partial charge in [0.2, 0.25) is 5.91 Å². The highest BCUT2D eigenvalue weighted by molar-refractivity contribution is 7.14. The van der Waals surface area contributed by atoms with Crippen LogP contribution >= 0.6 is 11.3 Å². The minimum absolute atomic E-state index is 0.0723. The Balaban J connectivity index is 1.83. The van der Waals surface area contributed by atoms with E-state index in [1.54, 1.807) is 0 Å². The van der Waals surface area contributed by atoms with Crippen LogP contribution in [0.2, 0.25) is 0 Å². The number of nitrogens with one attached hydrogen (secondary N) is 1. The van der Waals surface area contributed by atoms with Crippen LogP contribution in [0.25, 0.3) is 0 Å². The molecule has 0 saturated carbocycles. The molecule has 1 aliphatic rings. The molecular formula is C15H14FN5O2S. The number of amides is 2. The number of halogens is 1. The van der Waals surface area contributed by atoms with Gasteiger partial charge in [-0.05, 0) is 31.2 Å². The number of hydrazone groups is 1. The summed E-state index contributed by atoms with van der Waals surface area (Å²) in [5.41, 5.74) is 6.84. The third-order valence-electron chi connectivity index (χ3n) is 3.43. The molecule has 0 bridgehead atoms. The van der Waals surface area contributed by atoms with Gasteiger partial charge in [-0.15, -0.1) is 11.3 Å². The molecule has 0 radical (unpaired) electrons. The first-order chi connectivity index (χ1) is 11.4. The first-order valence-electron chi connectivity index (χ1n) is 7.09. The van der Waals surface area contributed by atoms with Crippen LogP contribution in [0.1, 0.15) is 12.1 Å². The van der Waals surface area contributed by atoms with E-state index < -0.39 is 23.7 Å². The van der Waals surface area contributed by atoms with E-state index in [0.717, 1.165) is 5.69 Å². The molecule has 2 aromatic rings. The molecule has 2 heterocycles. The van der Waals surface area contributed by atoms with E-state index >= 15 is 0 Å². The molecular weight excluding hydrogens is 333 g/mol. The molecule has 0 saturated heterocycles. The Kier molecular flexibility index (Phi) is 4.26. The predicted octanol–water partition coefficient (Wildman–Crippen LogP) is 1.65. The van der Waals surface area contributed by atoms with Crippen LogP contribution in [-0.4, -0.2) is 28.6 Å². The zero-order chi connectivity index (χ0) is 17.3. The van der Waals surface area contributed by atoms with Gasteiger partial charge in [0, 0.05) is 11.8 Å². The maximum atomic E-state index is 13.1. The van der Waals surface area contributed by atoms with Gasteiger partial charge in [0.15, 0.2) is 5.13 Å². The van der Waals surface area contributed by atoms with E-state index in [1.165, 1.54) is 40.6 Å². The van der Waals surface area contributed by atoms with E-state index in [0.29, 0.717) is 10.8 Å². The van der Waals surface area contributed by atoms with Crippen LogP contribution in [0.5, 0.6) is 0 Å². The highest BCUT2D eigenvalue weighted by Crippen LogP contribution is 2.25. The van der Waals surface area contributed by atoms with Crippen molar-refractivity contribution in [2.75, 3.05) is 10.3 Å². The molecule has 1 unspecified atom stereocenters. The van der Waals surface area contributed by atoms with E-state index in [9.17, 15) is 14.0 Å². The van der Waals surface area contributed by atoms with Crippen LogP contribution < -0.4 is 16.1 Å². The zero-order valence-corrected chi connectivity index (χ0v) is 13.5. The van der Waals surface area contributed by atoms with E-state index in [2.05, 4.69) is 15.4 Å². The van der Waals surface area contributed by atoms with Gasteiger partial charge in [-0.25, -0.2) is 9.37 Å². The number of nitrogens with two attached hydrogens (primary N) is 1. The Morgan fingerprint density at radius 3 is 2.67 bits per heavy atom. The van der Waals surface area contributed by atoms with Gasteiger partial charge in [0.25, 0.3) is 5.91 Å². The van der Waals surface area contributed by atoms with Gasteiger partial charge < -0.3 is 5.73 Å². The molecule has 1 aliphatic heterocycles. The summed E-state index contributed by atoms with van der Waals surface area (Å²) >= 11 is 1.30. The second-order valence-electron chi connectivity index (χ2n) is 5.24. The lowest BCUT2D eigenvalue weighted by atomic mass is 10.1. The number of thiazole rings is 1. The average Bonchev–Trinajstić information content (AvgIpc) is 3.15. The highest BCUT2D eigenvalue weighted by atomic mass is 32.1. The Morgan fingerprint density at radius 1 is 1.38 bits per heavy atom. The van der Waals surface area contributed by atoms with Gasteiger partial charge in [-0.3, -0.25) is 19.9 Å². The molecule has 7 nitrogen and oxygen atoms in total. The van der Waals surface area contributed by atoms with Crippen LogP contribution in [-0.2, 0) is 9.59 Å². The molecule has 1 aromatic carbocycles. The molecule has 9 heteroatoms. The average molecular weight is 347 g/mol. The smallest absolute Gasteiger partial charge is 0.273 e. The minimum atomic E-state index is -0.797. The van der Waals surface area contributed by atoms with Crippen molar-refractivity contribution in [3.63, 3.8) is 0 Å². The van der Waals surface area contributed by atoms with Crippen molar-refractivity contribution >= 4 is 39.7 Å². The molecule has 1 aromatic heterocycles. The van der Waals surface area contributed by atoms with Crippen LogP contribution in [0.15, 0.2) is 34.7 Å². The predicted molar refractivity (Wildman–Crippen MR) is 89.4 cm³/mol. The lowest BCUT2D eigenvalue weighted by Crippen LogP contribution is -2.39. The van der Waals surface area contributed by atoms with Crippen LogP contribution in [0.3, 0.4) is 0 Å². The maximum absolute atomic E-state index is 13.1. The summed E-state index contributed by atoms with van der Waals surface area (Å²) in [5, 5.41) is 10.4. The summed E-state index contributed by atoms with van der Waals surface area (Å²) in [5.74, 6) is -1.47. The number of aromatic nitrogens is 1. The quantitative estimate of drug-likeness (QED) is 0.878. The van der Waals surface area contributed by atoms with Crippen molar-refractivity contribution in [2.24, 2.45) is 10.8 Å². The molecule has 3 N–H and O–H groups in total. The van der Waals surface area contributed by atoms with Crippen molar-refractivity contribution in [2.45, 2.75) is 19.4 Å². The SMILES string of the molecule is Cc1csc(NC(=O)C2=NN(c3ccc(F)cc3)C(C(N)=O)C2)n1. The number of aryl methyl sites for hydroxylation is 1. The molecule has 124 valence electrons. The summed E-state index contributed by atoms with van der Waals surface area (Å²) in [6.07, 6.45) is 0.0723. The number of primary amides is 1. The highest BCUT2D eigenvalue weighted by Gasteiger charge is 2.35. The Labute approximate surface area is 141 Å². The monoisotopic (exact) mass is 347 g/mol. The number of carbonyl (C=O) groups is 2. The third-order valence-corrected chi connectivity index (χ3v) is 4.31. The Hall–Kier alpha value is -2.81. The summed E-state index contributed by atoms with van der Waals surface area (Å²) in [4.78, 5) is 28.1. The standard InChI is InChI=1S/C15H14FN5O2S/c1-8-7-24-15(18-8)19-14(23)11-6-12(13(17)22)21(20-11)10-4-2-9(16)3-5-10/h2-5,7,12H,6H2,1H3,(H2,17,22)(H,18,19,23). The van der Waals surface area contributed by atoms with Crippen LogP contribution in [0.4, 0.5) is 15.2 Å². The fraction of sp³-hybridized carbons (Fsp3) is 0.200. The lowest BCUT2D eigenvalue weighted by molar-refractivity contribution is -0.119. The number of hydrogen-bond acceptors (Lipinski definition) is 6. The third kappa shape index (κ3) is 3.25. The van der Waals surface area contributed by atoms with E-state index in [-0.39, 0.29) is 12.1 Å². The van der Waals surface area contributed by atoms with Gasteiger partial charge in [-0.2, -0.15) is 5.10 Å². The molecule has 3 rings (SSSR count). The van der Waals surface area contributed by atoms with E-state index in [1.807, 2.05) is 12.3 Å². The zero-order valence-electron chi connectivity index (χ0n) is 12.7. The summed E-state index contributed by atoms with van der Waals surface area (Å²) in [6, 6.07) is 4.65. The van der Waals surface area contributed by atoms with Crippen molar-refractivity contribution in [3.8, 4) is 0 Å². The number of carbonyl (C=O) groups excluding carboxylic acids is 2. The topological polar surface area (TPSA) is 101 Å². The first-order valence-corrected chi connectivity index (χ1v) is 7.97. The fourth-order valence-electron chi connectivity index (χ4n) is 2.28. The van der Waals surface area contributed by atoms with Gasteiger partial charge in [0.1, 0.15) is 17.6 Å². The van der Waals surface area contributed by atoms with Crippen molar-refractivity contribution < 1.29 is 14.0 Å². The maximum Gasteiger partial charge on any atom is 0.273 e. The summed E-state index contributed by atoms with van der Waals surface area (Å²) < 4.78 is 13.1. The molecule has 0 spiro atoms. The summed E-state index contributed by atoms with van der Waals surface area (Å²) in [6.45, 7) is 1.82. The number of hydrogen-bond donors (Lipinski definition) is 2. The second-order valence-corrected chi connectivity index (χ2v) is 6.10. The molecule has 1 atom stereocenters. The Morgan fingerprint density at radius 2 is 2.08 bits per heavy atom. The molecule has 0 fully saturated rings. The normalized spacial score (nSPS) is 16.8. The lowest BCUT2D eigenvalue weighted by Gasteiger charge is -2.20. The molecule has 24 heavy (non-hydrogen) atoms. The number of nitrogens with zero attached hydrogens (tertiary/aromatic N) is 3. The van der Waals surface area contributed by atoms with Crippen molar-refractivity contribution in [3.05, 3.63) is 41.2 Å². The van der Waals surface area contributed by atoms with Crippen molar-refractivity contribution in [1.82, 2.24) is 4.98 Å². The number of rotatable bonds is 4. The fourth-order valence-corrected chi connectivity index (χ4v) is 2.96. The molecule has 2 amide bonds. The molecule has 0 aliphatic carbocycles. The Bertz CT molecular complexity index is 818. The summed E-state index contributed by atoms with van der Waals surface area (Å²) in [7, 11) is 0. The van der Waals surface area contributed by atoms with Crippen molar-refractivity contribution in [1.29, 1.82) is 0 Å². The van der Waals surface area contributed by atoms with Gasteiger partial charge >= 0.3 is 0 Å². The second kappa shape index (κ2) is 6.36. The van der Waals surface area contributed by atoms with E-state index in [4.69, 9.17) is 5.73 Å². The number of anilines is 2. The first kappa shape index (κ1) is 16.1. The van der Waals surface area contributed by atoms with Crippen LogP contribution in [0, 0.1) is 12.7 Å².